The van der Waals surface area contributed by atoms with E-state index in [4.69, 9.17) is 0 Å². The summed E-state index contributed by atoms with van der Waals surface area (Å²) in [6, 6.07) is 24.6. The lowest BCUT2D eigenvalue weighted by Gasteiger charge is -2.13. The minimum atomic E-state index is -4.64. The molecule has 0 aliphatic heterocycles. The Bertz CT molecular complexity index is 1860. The van der Waals surface area contributed by atoms with E-state index in [0.29, 0.717) is 11.1 Å². The molecule has 7 rings (SSSR count). The summed E-state index contributed by atoms with van der Waals surface area (Å²) in [4.78, 5) is 8.62. The van der Waals surface area contributed by atoms with Crippen LogP contribution in [0.2, 0.25) is 0 Å². The zero-order valence-electron chi connectivity index (χ0n) is 17.1. The van der Waals surface area contributed by atoms with Gasteiger partial charge in [-0.25, -0.2) is 9.97 Å². The summed E-state index contributed by atoms with van der Waals surface area (Å²) in [6.45, 7) is 0. The van der Waals surface area contributed by atoms with Crippen LogP contribution in [0.1, 0.15) is 5.69 Å². The summed E-state index contributed by atoms with van der Waals surface area (Å²) in [7, 11) is 0. The number of hydrogen-bond acceptors (Lipinski definition) is 2. The number of halogens is 3. The Kier molecular flexibility index (Phi) is 3.45. The van der Waals surface area contributed by atoms with Crippen molar-refractivity contribution in [1.29, 1.82) is 0 Å². The van der Waals surface area contributed by atoms with Gasteiger partial charge in [-0.15, -0.1) is 0 Å². The molecule has 0 saturated carbocycles. The van der Waals surface area contributed by atoms with Crippen molar-refractivity contribution in [3.63, 3.8) is 0 Å². The van der Waals surface area contributed by atoms with Crippen LogP contribution in [-0.4, -0.2) is 14.4 Å². The van der Waals surface area contributed by atoms with E-state index in [1.165, 1.54) is 0 Å². The number of para-hydroxylation sites is 2. The van der Waals surface area contributed by atoms with Crippen molar-refractivity contribution in [3.05, 3.63) is 90.8 Å². The van der Waals surface area contributed by atoms with Crippen LogP contribution in [0.4, 0.5) is 13.2 Å². The minimum Gasteiger partial charge on any atom is -0.315 e. The molecule has 7 aromatic rings. The first-order valence-electron chi connectivity index (χ1n) is 10.5. The summed E-state index contributed by atoms with van der Waals surface area (Å²) >= 11 is 0. The molecule has 0 fully saturated rings. The van der Waals surface area contributed by atoms with Crippen LogP contribution in [0.25, 0.3) is 60.3 Å². The molecular weight excluding hydrogens is 423 g/mol. The predicted molar refractivity (Wildman–Crippen MR) is 125 cm³/mol. The van der Waals surface area contributed by atoms with Crippen LogP contribution in [0, 0.1) is 0 Å². The molecule has 0 aliphatic rings. The zero-order valence-corrected chi connectivity index (χ0v) is 17.1. The summed E-state index contributed by atoms with van der Waals surface area (Å²) < 4.78 is 44.6. The molecule has 158 valence electrons. The number of alkyl halides is 3. The fourth-order valence-corrected chi connectivity index (χ4v) is 4.92. The fraction of sp³-hybridized carbons (Fsp3) is 0.0370. The Labute approximate surface area is 185 Å². The van der Waals surface area contributed by atoms with Crippen LogP contribution in [-0.2, 0) is 6.18 Å². The van der Waals surface area contributed by atoms with Crippen LogP contribution < -0.4 is 0 Å². The molecule has 0 N–H and O–H groups in total. The van der Waals surface area contributed by atoms with E-state index >= 15 is 0 Å². The molecule has 0 atom stereocenters. The van der Waals surface area contributed by atoms with Crippen LogP contribution in [0.5, 0.6) is 0 Å². The fourth-order valence-electron chi connectivity index (χ4n) is 4.92. The van der Waals surface area contributed by atoms with Gasteiger partial charge in [-0.2, -0.15) is 13.2 Å². The highest BCUT2D eigenvalue weighted by Crippen LogP contribution is 2.42. The molecule has 6 heteroatoms. The number of fused-ring (bicyclic) bond motifs is 5. The molecule has 3 nitrogen and oxygen atoms in total. The van der Waals surface area contributed by atoms with Crippen molar-refractivity contribution in [1.82, 2.24) is 14.4 Å². The third-order valence-corrected chi connectivity index (χ3v) is 6.33. The van der Waals surface area contributed by atoms with E-state index in [-0.39, 0.29) is 11.2 Å². The van der Waals surface area contributed by atoms with Gasteiger partial charge in [0.2, 0.25) is 0 Å². The van der Waals surface area contributed by atoms with Crippen molar-refractivity contribution in [2.75, 3.05) is 0 Å². The monoisotopic (exact) mass is 437 g/mol. The SMILES string of the molecule is FC(F)(F)c1nc2cc3ccccc3cc2nc1-c1cn2c3ccccc3c3cccc1c32. The highest BCUT2D eigenvalue weighted by atomic mass is 19.4. The first-order chi connectivity index (χ1) is 16.0. The second kappa shape index (κ2) is 6.19. The van der Waals surface area contributed by atoms with Gasteiger partial charge >= 0.3 is 6.18 Å². The standard InChI is InChI=1S/C27H14F3N3/c28-27(29,30)26-24(31-21-12-15-6-1-2-7-16(15)13-22(21)32-26)20-14-33-23-11-4-3-8-17(23)18-9-5-10-19(20)25(18)33/h1-14H. The second-order valence-corrected chi connectivity index (χ2v) is 8.24. The van der Waals surface area contributed by atoms with Gasteiger partial charge in [0, 0.05) is 27.9 Å². The van der Waals surface area contributed by atoms with E-state index in [0.717, 1.165) is 38.0 Å². The molecule has 0 spiro atoms. The van der Waals surface area contributed by atoms with Crippen molar-refractivity contribution in [3.8, 4) is 11.3 Å². The maximum absolute atomic E-state index is 14.2. The Morgan fingerprint density at radius 1 is 0.667 bits per heavy atom. The summed E-state index contributed by atoms with van der Waals surface area (Å²) in [6.07, 6.45) is -2.89. The predicted octanol–water partition coefficient (Wildman–Crippen LogP) is 7.47. The number of aromatic nitrogens is 3. The quantitative estimate of drug-likeness (QED) is 0.250. The van der Waals surface area contributed by atoms with Gasteiger partial charge in [0.15, 0.2) is 5.69 Å². The number of nitrogens with zero attached hydrogens (tertiary/aromatic N) is 3. The Morgan fingerprint density at radius 2 is 1.30 bits per heavy atom. The zero-order chi connectivity index (χ0) is 22.3. The highest BCUT2D eigenvalue weighted by molar-refractivity contribution is 6.17. The molecule has 0 radical (unpaired) electrons. The maximum Gasteiger partial charge on any atom is 0.435 e. The second-order valence-electron chi connectivity index (χ2n) is 8.24. The molecule has 33 heavy (non-hydrogen) atoms. The Morgan fingerprint density at radius 3 is 2.06 bits per heavy atom. The number of rotatable bonds is 1. The third kappa shape index (κ3) is 2.52. The molecule has 0 aliphatic carbocycles. The largest absolute Gasteiger partial charge is 0.435 e. The maximum atomic E-state index is 14.2. The number of benzene rings is 4. The van der Waals surface area contributed by atoms with E-state index in [9.17, 15) is 13.2 Å². The molecule has 0 amide bonds. The topological polar surface area (TPSA) is 30.2 Å². The van der Waals surface area contributed by atoms with Crippen molar-refractivity contribution >= 4 is 49.0 Å². The lowest BCUT2D eigenvalue weighted by molar-refractivity contribution is -0.140. The summed E-state index contributed by atoms with van der Waals surface area (Å²) in [5, 5.41) is 4.53. The van der Waals surface area contributed by atoms with Crippen molar-refractivity contribution in [2.45, 2.75) is 6.18 Å². The first-order valence-corrected chi connectivity index (χ1v) is 10.5. The van der Waals surface area contributed by atoms with E-state index in [1.807, 2.05) is 71.1 Å². The smallest absolute Gasteiger partial charge is 0.315 e. The lowest BCUT2D eigenvalue weighted by atomic mass is 10.0. The molecule has 4 aromatic carbocycles. The molecule has 3 heterocycles. The van der Waals surface area contributed by atoms with E-state index < -0.39 is 11.9 Å². The Balaban J connectivity index is 1.61. The highest BCUT2D eigenvalue weighted by Gasteiger charge is 2.38. The lowest BCUT2D eigenvalue weighted by Crippen LogP contribution is -2.12. The van der Waals surface area contributed by atoms with Crippen LogP contribution in [0.15, 0.2) is 85.1 Å². The normalized spacial score (nSPS) is 12.7. The van der Waals surface area contributed by atoms with E-state index in [1.54, 1.807) is 18.3 Å². The van der Waals surface area contributed by atoms with Gasteiger partial charge in [-0.05, 0) is 29.0 Å². The van der Waals surface area contributed by atoms with Crippen molar-refractivity contribution in [2.24, 2.45) is 0 Å². The van der Waals surface area contributed by atoms with Crippen LogP contribution >= 0.6 is 0 Å². The van der Waals surface area contributed by atoms with Gasteiger partial charge in [0.25, 0.3) is 0 Å². The first kappa shape index (κ1) is 18.4. The molecular formula is C27H14F3N3. The Hall–Kier alpha value is -4.19. The average Bonchev–Trinajstić information content (AvgIpc) is 3.36. The molecule has 0 saturated heterocycles. The van der Waals surface area contributed by atoms with Gasteiger partial charge in [-0.3, -0.25) is 0 Å². The van der Waals surface area contributed by atoms with Gasteiger partial charge < -0.3 is 4.40 Å². The molecule has 3 aromatic heterocycles. The molecule has 0 bridgehead atoms. The van der Waals surface area contributed by atoms with Gasteiger partial charge in [0.1, 0.15) is 5.69 Å². The minimum absolute atomic E-state index is 0.148. The number of hydrogen-bond donors (Lipinski definition) is 0. The summed E-state index contributed by atoms with van der Waals surface area (Å²) in [5.74, 6) is 0. The van der Waals surface area contributed by atoms with Crippen molar-refractivity contribution < 1.29 is 13.2 Å². The summed E-state index contributed by atoms with van der Waals surface area (Å²) in [5.41, 5.74) is 1.81. The third-order valence-electron chi connectivity index (χ3n) is 6.33. The average molecular weight is 437 g/mol. The van der Waals surface area contributed by atoms with Crippen LogP contribution in [0.3, 0.4) is 0 Å². The van der Waals surface area contributed by atoms with E-state index in [2.05, 4.69) is 9.97 Å². The molecule has 0 unspecified atom stereocenters. The van der Waals surface area contributed by atoms with Gasteiger partial charge in [0.05, 0.1) is 22.1 Å². The van der Waals surface area contributed by atoms with Gasteiger partial charge in [-0.1, -0.05) is 60.7 Å².